The molecular formula is C104H157ClN8O20P-. The number of aliphatic hydroxyl groups excluding tert-OH is 2. The number of carboxylic acids is 1. The number of aromatic carboxylic acids is 1. The van der Waals surface area contributed by atoms with Gasteiger partial charge in [-0.3, -0.25) is 42.9 Å². The summed E-state index contributed by atoms with van der Waals surface area (Å²) >= 11 is 5.00. The zero-order valence-electron chi connectivity index (χ0n) is 82.7. The van der Waals surface area contributed by atoms with Crippen LogP contribution in [0.2, 0.25) is 0 Å². The van der Waals surface area contributed by atoms with Crippen LogP contribution in [0.5, 0.6) is 0 Å². The number of ether oxygens (including phenoxy) is 2. The molecule has 0 saturated carbocycles. The van der Waals surface area contributed by atoms with Crippen LogP contribution in [-0.4, -0.2) is 157 Å². The second-order valence-corrected chi connectivity index (χ2v) is 39.4. The van der Waals surface area contributed by atoms with E-state index >= 15 is 0 Å². The SMILES string of the molecule is C/C1=C\C=C/[C@H](C)[C@@H](OC(N)=O)/C(C)=C/[C@H](C)[C@@H](O)[C@@H](C)C[C@H](C)CC2=C(CCCCC(=O)Nc3ccc(C(=O)[O-])cc3)C(=O)C=C(NC1=O)C2=O.CC1=C2C[C@@H](C)C[C@H](C)[C@H](O)[C@@H](C)/C=C(\C)[C@H](OC(N)=O)[C@@H](C)/C=C\C=C(/C)C(=O)NC(=CC1=O)C2=O.CCCl.C[N+](C)(C)CCOP(=O)([O-])OCCCCCCCCCCCCCCCCCCc1ccc(NC(=O)CCCN)cc1. The fourth-order valence-corrected chi connectivity index (χ4v) is 17.1. The van der Waals surface area contributed by atoms with E-state index in [9.17, 15) is 77.5 Å². The van der Waals surface area contributed by atoms with E-state index in [0.717, 1.165) is 55.3 Å². The predicted octanol–water partition coefficient (Wildman–Crippen LogP) is 17.3. The van der Waals surface area contributed by atoms with Gasteiger partial charge in [0, 0.05) is 99.4 Å². The van der Waals surface area contributed by atoms with E-state index in [4.69, 9.17) is 47.3 Å². The smallest absolute Gasteiger partial charge is 0.405 e. The van der Waals surface area contributed by atoms with Gasteiger partial charge in [-0.05, 0) is 182 Å². The number of carboxylic acid groups (broad SMARTS) is 1. The van der Waals surface area contributed by atoms with Gasteiger partial charge < -0.3 is 86.5 Å². The lowest BCUT2D eigenvalue weighted by Crippen LogP contribution is -2.37. The van der Waals surface area contributed by atoms with E-state index in [1.807, 2.05) is 122 Å². The number of rotatable bonds is 37. The van der Waals surface area contributed by atoms with Gasteiger partial charge in [-0.25, -0.2) is 9.59 Å². The molecule has 0 radical (unpaired) electrons. The number of quaternary nitrogens is 1. The van der Waals surface area contributed by atoms with E-state index in [2.05, 4.69) is 33.4 Å². The Morgan fingerprint density at radius 3 is 1.33 bits per heavy atom. The minimum atomic E-state index is -4.16. The molecule has 2 heterocycles. The molecule has 30 heteroatoms. The highest BCUT2D eigenvalue weighted by Gasteiger charge is 2.35. The van der Waals surface area contributed by atoms with Crippen LogP contribution >= 0.6 is 19.4 Å². The number of anilines is 2. The average molecular weight is 1910 g/mol. The Bertz CT molecular complexity index is 4530. The minimum absolute atomic E-state index is 0.00226. The molecule has 4 aliphatic rings. The molecule has 6 amide bonds. The van der Waals surface area contributed by atoms with Crippen LogP contribution in [-0.2, 0) is 67.9 Å². The van der Waals surface area contributed by atoms with Gasteiger partial charge in [0.1, 0.15) is 25.4 Å². The second-order valence-electron chi connectivity index (χ2n) is 37.5. The Morgan fingerprint density at radius 2 is 0.910 bits per heavy atom. The number of nitrogens with one attached hydrogen (secondary N) is 4. The van der Waals surface area contributed by atoms with Crippen molar-refractivity contribution in [2.24, 2.45) is 64.5 Å². The van der Waals surface area contributed by atoms with Gasteiger partial charge in [0.15, 0.2) is 11.6 Å². The van der Waals surface area contributed by atoms with Crippen LogP contribution in [0.25, 0.3) is 0 Å². The van der Waals surface area contributed by atoms with Crippen LogP contribution < -0.4 is 48.5 Å². The molecule has 2 aliphatic heterocycles. The zero-order valence-corrected chi connectivity index (χ0v) is 84.3. The van der Waals surface area contributed by atoms with Crippen LogP contribution in [0.4, 0.5) is 21.0 Å². The molecule has 0 aromatic heterocycles. The number of likely N-dealkylation sites (N-methyl/N-ethyl adjacent to an activating group) is 1. The normalized spacial score (nSPS) is 24.6. The molecule has 4 bridgehead atoms. The number of allylic oxidation sites excluding steroid dienone is 10. The Labute approximate surface area is 802 Å². The standard InChI is InChI=1S/C40H51N3O9.C33H62N3O5P.C29H40N2O6.C2H5Cl/c1-22-18-25(4)35(46)26(5)20-27(6)37(52-40(41)51)23(2)10-9-11-24(3)38(48)43-32-21-33(44)30(31(19-22)36(32)47)12-7-8-13-34(45)42-29-16-14-28(15-17-29)39(49)50;1-36(2,3)28-30-41-42(38,39)40-29-19-17-15-13-11-9-7-5-4-6-8-10-12-14-16-18-21-31-23-25-32(26-24-31)35-33(37)22-20-27-34;1-15-11-18(4)25(33)19(5)13-20(6)27(37-29(30)36)16(2)9-8-10-17(3)28(35)31-23-14-24(32)21(7)22(12-15)26(23)34;1-2-3/h9-11,14-17,20-23,25-26,35,37,46H,7-8,12-13,18-19H2,1-6H3,(H2,41,51)(H,42,45)(H,43,48)(H,49,50);23-26H,4-22,27-30,34H2,1-3H3,(H-,35,37,38,39);8-10,13-16,18-19,25,27,33H,11-12H2,1-7H3,(H2,30,36)(H,31,35);2H2,1H3/p-1/b10-9-,24-11+,27-20+;;9-8-,17-10+,20-13+;/t22-,23-,25-,26-,35-,37+;;15-,16-,18-,19-,25-,27+;/m0.0./s1. The number of halogens is 1. The number of fused-ring (bicyclic) bond motifs is 4. The lowest BCUT2D eigenvalue weighted by atomic mass is 9.80. The summed E-state index contributed by atoms with van der Waals surface area (Å²) in [6.45, 7) is 27.1. The summed E-state index contributed by atoms with van der Waals surface area (Å²) in [5.41, 5.74) is 22.1. The molecule has 0 spiro atoms. The number of hydrogen-bond acceptors (Lipinski definition) is 21. The summed E-state index contributed by atoms with van der Waals surface area (Å²) in [7, 11) is 1.82. The van der Waals surface area contributed by atoms with Crippen LogP contribution in [0.3, 0.4) is 0 Å². The third-order valence-electron chi connectivity index (χ3n) is 24.0. The number of benzene rings is 2. The number of carbonyl (C=O) groups excluding carboxylic acids is 11. The first-order valence-electron chi connectivity index (χ1n) is 47.9. The molecule has 2 aliphatic carbocycles. The van der Waals surface area contributed by atoms with Crippen LogP contribution in [0.1, 0.15) is 280 Å². The molecule has 0 saturated heterocycles. The lowest BCUT2D eigenvalue weighted by Gasteiger charge is -2.28. The maximum Gasteiger partial charge on any atom is 0.405 e. The summed E-state index contributed by atoms with van der Waals surface area (Å²) in [5.74, 6) is -5.04. The average Bonchev–Trinajstić information content (AvgIpc) is 0.842. The number of alkyl halides is 1. The van der Waals surface area contributed by atoms with Gasteiger partial charge in [0.05, 0.1) is 57.3 Å². The Hall–Kier alpha value is -9.35. The Kier molecular flexibility index (Phi) is 56.0. The summed E-state index contributed by atoms with van der Waals surface area (Å²) in [5, 5.41) is 44.1. The maximum absolute atomic E-state index is 13.9. The zero-order chi connectivity index (χ0) is 100. The number of ketones is 4. The number of nitrogens with two attached hydrogens (primary N) is 3. The minimum Gasteiger partial charge on any atom is -0.756 e. The maximum atomic E-state index is 13.9. The highest BCUT2D eigenvalue weighted by Crippen LogP contribution is 2.39. The van der Waals surface area contributed by atoms with Crippen molar-refractivity contribution in [3.63, 3.8) is 0 Å². The molecule has 12 N–H and O–H groups in total. The molecule has 6 rings (SSSR count). The molecular weight excluding hydrogens is 1750 g/mol. The molecule has 746 valence electrons. The van der Waals surface area contributed by atoms with Crippen molar-refractivity contribution >= 4 is 95.7 Å². The molecule has 2 aromatic carbocycles. The summed E-state index contributed by atoms with van der Waals surface area (Å²) in [6, 6.07) is 13.9. The van der Waals surface area contributed by atoms with Crippen molar-refractivity contribution in [1.82, 2.24) is 10.6 Å². The molecule has 1 unspecified atom stereocenters. The quantitative estimate of drug-likeness (QED) is 0.00757. The summed E-state index contributed by atoms with van der Waals surface area (Å²) in [4.78, 5) is 149. The van der Waals surface area contributed by atoms with Crippen molar-refractivity contribution in [2.75, 3.05) is 64.0 Å². The summed E-state index contributed by atoms with van der Waals surface area (Å²) in [6.07, 6.45) is 36.6. The van der Waals surface area contributed by atoms with Gasteiger partial charge in [0.2, 0.25) is 23.4 Å². The second kappa shape index (κ2) is 63.1. The van der Waals surface area contributed by atoms with Crippen molar-refractivity contribution in [3.05, 3.63) is 176 Å². The van der Waals surface area contributed by atoms with E-state index in [-0.39, 0.29) is 126 Å². The number of aliphatic hydroxyl groups is 2. The van der Waals surface area contributed by atoms with Gasteiger partial charge in [0.25, 0.3) is 19.6 Å². The first-order chi connectivity index (χ1) is 63.2. The van der Waals surface area contributed by atoms with Gasteiger partial charge in [-0.15, -0.1) is 11.6 Å². The van der Waals surface area contributed by atoms with Gasteiger partial charge in [-0.2, -0.15) is 0 Å². The van der Waals surface area contributed by atoms with Crippen LogP contribution in [0, 0.1) is 47.3 Å². The number of phosphoric acid groups is 1. The van der Waals surface area contributed by atoms with E-state index in [0.29, 0.717) is 95.2 Å². The fraction of sp³-hybridized carbons (Fsp3) is 0.587. The lowest BCUT2D eigenvalue weighted by molar-refractivity contribution is -0.870. The van der Waals surface area contributed by atoms with Crippen molar-refractivity contribution in [1.29, 1.82) is 0 Å². The summed E-state index contributed by atoms with van der Waals surface area (Å²) < 4.78 is 33.1. The molecule has 0 fully saturated rings. The number of nitrogens with zero attached hydrogens (tertiary/aromatic N) is 1. The number of phosphoric ester groups is 1. The van der Waals surface area contributed by atoms with Gasteiger partial charge in [-0.1, -0.05) is 225 Å². The molecule has 2 aromatic rings. The molecule has 134 heavy (non-hydrogen) atoms. The highest BCUT2D eigenvalue weighted by atomic mass is 35.5. The Balaban J connectivity index is 0.000000518. The number of amides is 6. The van der Waals surface area contributed by atoms with Crippen LogP contribution in [0.15, 0.2) is 165 Å². The van der Waals surface area contributed by atoms with E-state index in [1.54, 1.807) is 57.2 Å². The largest absolute Gasteiger partial charge is 0.756 e. The highest BCUT2D eigenvalue weighted by molar-refractivity contribution is 7.45. The van der Waals surface area contributed by atoms with E-state index < -0.39 is 73.8 Å². The first-order valence-corrected chi connectivity index (χ1v) is 49.9. The monoisotopic (exact) mass is 1900 g/mol. The number of hydrogen-bond donors (Lipinski definition) is 9. The Morgan fingerprint density at radius 1 is 0.530 bits per heavy atom. The fourth-order valence-electron chi connectivity index (χ4n) is 16.4. The number of aryl methyl sites for hydroxylation is 1. The van der Waals surface area contributed by atoms with Crippen molar-refractivity contribution in [2.45, 2.75) is 295 Å². The predicted molar refractivity (Wildman–Crippen MR) is 526 cm³/mol. The third-order valence-corrected chi connectivity index (χ3v) is 25.0. The topological polar surface area (TPSA) is 455 Å². The van der Waals surface area contributed by atoms with Crippen molar-refractivity contribution < 1.29 is 101 Å². The number of carbonyl (C=O) groups is 11. The number of Topliss-reactive ketones (excluding diaryl/α,β-unsaturated/α-hetero) is 2. The number of unbranched alkanes of at least 4 members (excludes halogenated alkanes) is 16. The van der Waals surface area contributed by atoms with Gasteiger partial charge >= 0.3 is 12.2 Å². The van der Waals surface area contributed by atoms with Crippen molar-refractivity contribution in [3.8, 4) is 0 Å². The number of primary amides is 2. The first kappa shape index (κ1) is 119. The molecule has 28 nitrogen and oxygen atoms in total. The third kappa shape index (κ3) is 46.9. The molecule has 13 atom stereocenters. The van der Waals surface area contributed by atoms with E-state index in [1.165, 1.54) is 119 Å².